The maximum absolute atomic E-state index is 12.5. The second-order valence-electron chi connectivity index (χ2n) is 6.47. The average molecular weight is 281 g/mol. The third-order valence-electron chi connectivity index (χ3n) is 4.69. The Bertz CT molecular complexity index is 366. The van der Waals surface area contributed by atoms with Crippen molar-refractivity contribution in [2.24, 2.45) is 17.6 Å². The highest BCUT2D eigenvalue weighted by atomic mass is 16.2. The second-order valence-corrected chi connectivity index (χ2v) is 6.47. The molecule has 5 heteroatoms. The molecule has 5 nitrogen and oxygen atoms in total. The first-order valence-corrected chi connectivity index (χ1v) is 7.77. The summed E-state index contributed by atoms with van der Waals surface area (Å²) in [7, 11) is 1.72. The highest BCUT2D eigenvalue weighted by Gasteiger charge is 2.34. The van der Waals surface area contributed by atoms with Crippen LogP contribution in [0.15, 0.2) is 0 Å². The number of likely N-dealkylation sites (N-methyl/N-ethyl adjacent to an activating group) is 1. The average Bonchev–Trinajstić information content (AvgIpc) is 2.94. The highest BCUT2D eigenvalue weighted by Crippen LogP contribution is 2.29. The van der Waals surface area contributed by atoms with E-state index in [0.29, 0.717) is 5.92 Å². The molecule has 3 unspecified atom stereocenters. The summed E-state index contributed by atoms with van der Waals surface area (Å²) in [5.41, 5.74) is 6.09. The van der Waals surface area contributed by atoms with E-state index >= 15 is 0 Å². The Labute approximate surface area is 121 Å². The van der Waals surface area contributed by atoms with Gasteiger partial charge in [0.2, 0.25) is 11.8 Å². The molecule has 0 aromatic carbocycles. The summed E-state index contributed by atoms with van der Waals surface area (Å²) in [6.45, 7) is 4.03. The van der Waals surface area contributed by atoms with Crippen LogP contribution in [0.25, 0.3) is 0 Å². The molecule has 0 aromatic rings. The molecule has 3 atom stereocenters. The van der Waals surface area contributed by atoms with E-state index in [-0.39, 0.29) is 30.3 Å². The fourth-order valence-corrected chi connectivity index (χ4v) is 3.32. The predicted molar refractivity (Wildman–Crippen MR) is 77.9 cm³/mol. The Morgan fingerprint density at radius 1 is 1.25 bits per heavy atom. The zero-order valence-corrected chi connectivity index (χ0v) is 12.7. The van der Waals surface area contributed by atoms with Crippen molar-refractivity contribution in [3.63, 3.8) is 0 Å². The van der Waals surface area contributed by atoms with Crippen molar-refractivity contribution in [2.45, 2.75) is 45.1 Å². The molecule has 1 aliphatic carbocycles. The first kappa shape index (κ1) is 15.3. The molecule has 0 radical (unpaired) electrons. The minimum atomic E-state index is -0.116. The Kier molecular flexibility index (Phi) is 5.02. The fourth-order valence-electron chi connectivity index (χ4n) is 3.32. The van der Waals surface area contributed by atoms with E-state index in [4.69, 9.17) is 5.73 Å². The third-order valence-corrected chi connectivity index (χ3v) is 4.69. The van der Waals surface area contributed by atoms with Crippen molar-refractivity contribution in [3.8, 4) is 0 Å². The summed E-state index contributed by atoms with van der Waals surface area (Å²) in [5, 5.41) is 0. The number of amides is 2. The van der Waals surface area contributed by atoms with Crippen LogP contribution in [0.2, 0.25) is 0 Å². The summed E-state index contributed by atoms with van der Waals surface area (Å²) in [5.74, 6) is 0.536. The number of carbonyl (C=O) groups excluding carboxylic acids is 2. The zero-order valence-electron chi connectivity index (χ0n) is 12.7. The third kappa shape index (κ3) is 3.51. The molecule has 2 N–H and O–H groups in total. The summed E-state index contributed by atoms with van der Waals surface area (Å²) in [6.07, 6.45) is 5.01. The lowest BCUT2D eigenvalue weighted by Crippen LogP contribution is -2.48. The highest BCUT2D eigenvalue weighted by molar-refractivity contribution is 5.86. The van der Waals surface area contributed by atoms with Gasteiger partial charge < -0.3 is 15.5 Å². The number of likely N-dealkylation sites (tertiary alicyclic amines) is 1. The Hall–Kier alpha value is -1.10. The molecule has 1 heterocycles. The molecule has 1 saturated heterocycles. The normalized spacial score (nSPS) is 30.4. The van der Waals surface area contributed by atoms with Crippen molar-refractivity contribution >= 4 is 11.8 Å². The van der Waals surface area contributed by atoms with E-state index in [1.165, 1.54) is 0 Å². The molecule has 2 rings (SSSR count). The quantitative estimate of drug-likeness (QED) is 0.833. The van der Waals surface area contributed by atoms with E-state index < -0.39 is 0 Å². The number of nitrogens with zero attached hydrogens (tertiary/aromatic N) is 2. The van der Waals surface area contributed by atoms with Gasteiger partial charge in [-0.3, -0.25) is 9.59 Å². The smallest absolute Gasteiger partial charge is 0.242 e. The lowest BCUT2D eigenvalue weighted by Gasteiger charge is -2.34. The zero-order chi connectivity index (χ0) is 14.7. The predicted octanol–water partition coefficient (Wildman–Crippen LogP) is 0.831. The molecule has 2 aliphatic rings. The van der Waals surface area contributed by atoms with Gasteiger partial charge in [-0.25, -0.2) is 0 Å². The van der Waals surface area contributed by atoms with Crippen LogP contribution in [-0.2, 0) is 9.59 Å². The maximum Gasteiger partial charge on any atom is 0.242 e. The summed E-state index contributed by atoms with van der Waals surface area (Å²) in [6, 6.07) is -0.0527. The van der Waals surface area contributed by atoms with Crippen LogP contribution in [0.5, 0.6) is 0 Å². The summed E-state index contributed by atoms with van der Waals surface area (Å²) < 4.78 is 0. The van der Waals surface area contributed by atoms with Crippen molar-refractivity contribution < 1.29 is 9.59 Å². The Balaban J connectivity index is 1.88. The minimum Gasteiger partial charge on any atom is -0.341 e. The lowest BCUT2D eigenvalue weighted by molar-refractivity contribution is -0.142. The first-order chi connectivity index (χ1) is 9.49. The standard InChI is InChI=1S/C15H27N3O2/c1-11-5-6-13(16)12(9-11)15(20)17(2)10-14(19)18-7-3-4-8-18/h11-13H,3-10,16H2,1-2H3. The van der Waals surface area contributed by atoms with Gasteiger partial charge in [0.1, 0.15) is 0 Å². The van der Waals surface area contributed by atoms with Gasteiger partial charge in [0.25, 0.3) is 0 Å². The van der Waals surface area contributed by atoms with Crippen molar-refractivity contribution in [2.75, 3.05) is 26.7 Å². The van der Waals surface area contributed by atoms with Gasteiger partial charge in [-0.05, 0) is 38.0 Å². The van der Waals surface area contributed by atoms with Crippen LogP contribution >= 0.6 is 0 Å². The van der Waals surface area contributed by atoms with Crippen molar-refractivity contribution in [1.29, 1.82) is 0 Å². The molecule has 1 aliphatic heterocycles. The molecular formula is C15H27N3O2. The molecule has 114 valence electrons. The van der Waals surface area contributed by atoms with Gasteiger partial charge in [0.05, 0.1) is 12.5 Å². The Morgan fingerprint density at radius 2 is 1.90 bits per heavy atom. The Morgan fingerprint density at radius 3 is 2.55 bits per heavy atom. The monoisotopic (exact) mass is 281 g/mol. The summed E-state index contributed by atoms with van der Waals surface area (Å²) in [4.78, 5) is 28.0. The lowest BCUT2D eigenvalue weighted by atomic mass is 9.78. The van der Waals surface area contributed by atoms with Gasteiger partial charge in [-0.1, -0.05) is 6.92 Å². The van der Waals surface area contributed by atoms with Gasteiger partial charge in [-0.15, -0.1) is 0 Å². The van der Waals surface area contributed by atoms with E-state index in [2.05, 4.69) is 6.92 Å². The molecule has 0 bridgehead atoms. The maximum atomic E-state index is 12.5. The summed E-state index contributed by atoms with van der Waals surface area (Å²) >= 11 is 0. The van der Waals surface area contributed by atoms with E-state index in [1.807, 2.05) is 4.90 Å². The van der Waals surface area contributed by atoms with Crippen molar-refractivity contribution in [3.05, 3.63) is 0 Å². The molecule has 2 fully saturated rings. The van der Waals surface area contributed by atoms with Gasteiger partial charge in [-0.2, -0.15) is 0 Å². The largest absolute Gasteiger partial charge is 0.341 e. The number of nitrogens with two attached hydrogens (primary N) is 1. The van der Waals surface area contributed by atoms with Crippen LogP contribution in [0.3, 0.4) is 0 Å². The molecule has 1 saturated carbocycles. The molecule has 0 aromatic heterocycles. The van der Waals surface area contributed by atoms with Gasteiger partial charge >= 0.3 is 0 Å². The second kappa shape index (κ2) is 6.57. The molecule has 2 amide bonds. The fraction of sp³-hybridized carbons (Fsp3) is 0.867. The van der Waals surface area contributed by atoms with E-state index in [0.717, 1.165) is 45.2 Å². The SMILES string of the molecule is CC1CCC(N)C(C(=O)N(C)CC(=O)N2CCCC2)C1. The topological polar surface area (TPSA) is 66.6 Å². The van der Waals surface area contributed by atoms with E-state index in [9.17, 15) is 9.59 Å². The first-order valence-electron chi connectivity index (χ1n) is 7.77. The van der Waals surface area contributed by atoms with Crippen molar-refractivity contribution in [1.82, 2.24) is 9.80 Å². The number of hydrogen-bond donors (Lipinski definition) is 1. The van der Waals surface area contributed by atoms with Crippen LogP contribution < -0.4 is 5.73 Å². The van der Waals surface area contributed by atoms with Crippen LogP contribution in [0.4, 0.5) is 0 Å². The molecule has 0 spiro atoms. The number of carbonyl (C=O) groups is 2. The molecule has 20 heavy (non-hydrogen) atoms. The van der Waals surface area contributed by atoms with Crippen LogP contribution in [-0.4, -0.2) is 54.3 Å². The van der Waals surface area contributed by atoms with Gasteiger partial charge in [0.15, 0.2) is 0 Å². The van der Waals surface area contributed by atoms with E-state index in [1.54, 1.807) is 11.9 Å². The number of hydrogen-bond acceptors (Lipinski definition) is 3. The number of rotatable bonds is 3. The minimum absolute atomic E-state index is 0.0385. The molecular weight excluding hydrogens is 254 g/mol. The van der Waals surface area contributed by atoms with Crippen LogP contribution in [0.1, 0.15) is 39.0 Å². The van der Waals surface area contributed by atoms with Crippen LogP contribution in [0, 0.1) is 11.8 Å². The van der Waals surface area contributed by atoms with Gasteiger partial charge in [0, 0.05) is 26.2 Å².